The van der Waals surface area contributed by atoms with Crippen molar-refractivity contribution in [3.8, 4) is 11.3 Å². The molecule has 2 atom stereocenters. The number of anilines is 1. The molecule has 124 valence electrons. The second-order valence-electron chi connectivity index (χ2n) is 6.69. The van der Waals surface area contributed by atoms with Crippen molar-refractivity contribution in [3.05, 3.63) is 48.2 Å². The smallest absolute Gasteiger partial charge is 0.318 e. The SMILES string of the molecule is Cc1ccc(NC(=O)N2C3CC(F)CC2C3)cc1-c1ccccn1. The Labute approximate surface area is 140 Å². The molecule has 0 saturated carbocycles. The number of urea groups is 1. The van der Waals surface area contributed by atoms with Crippen LogP contribution < -0.4 is 5.32 Å². The number of aromatic nitrogens is 1. The van der Waals surface area contributed by atoms with E-state index in [9.17, 15) is 9.18 Å². The third kappa shape index (κ3) is 2.64. The molecule has 24 heavy (non-hydrogen) atoms. The van der Waals surface area contributed by atoms with Gasteiger partial charge in [0.1, 0.15) is 6.17 Å². The predicted octanol–water partition coefficient (Wildman–Crippen LogP) is 4.16. The van der Waals surface area contributed by atoms with Crippen molar-refractivity contribution in [2.75, 3.05) is 5.32 Å². The van der Waals surface area contributed by atoms with Gasteiger partial charge < -0.3 is 10.2 Å². The molecule has 2 aliphatic rings. The van der Waals surface area contributed by atoms with Gasteiger partial charge in [0.05, 0.1) is 5.69 Å². The standard InChI is InChI=1S/C19H20FN3O/c1-12-5-6-14(10-17(12)18-4-2-3-7-21-18)22-19(24)23-15-8-13(20)9-16(23)11-15/h2-7,10,13,15-16H,8-9,11H2,1H3,(H,22,24). The first-order chi connectivity index (χ1) is 11.6. The van der Waals surface area contributed by atoms with E-state index in [0.717, 1.165) is 28.9 Å². The molecule has 5 heteroatoms. The highest BCUT2D eigenvalue weighted by Gasteiger charge is 2.48. The van der Waals surface area contributed by atoms with E-state index in [-0.39, 0.29) is 18.1 Å². The third-order valence-electron chi connectivity index (χ3n) is 5.05. The number of amides is 2. The largest absolute Gasteiger partial charge is 0.322 e. The van der Waals surface area contributed by atoms with Gasteiger partial charge in [-0.1, -0.05) is 12.1 Å². The van der Waals surface area contributed by atoms with Gasteiger partial charge in [-0.05, 0) is 56.0 Å². The highest BCUT2D eigenvalue weighted by molar-refractivity contribution is 5.91. The number of aryl methyl sites for hydroxylation is 1. The molecule has 2 aliphatic heterocycles. The van der Waals surface area contributed by atoms with Crippen LogP contribution >= 0.6 is 0 Å². The van der Waals surface area contributed by atoms with E-state index in [1.165, 1.54) is 0 Å². The van der Waals surface area contributed by atoms with Crippen molar-refractivity contribution >= 4 is 11.7 Å². The van der Waals surface area contributed by atoms with Gasteiger partial charge in [-0.25, -0.2) is 9.18 Å². The lowest BCUT2D eigenvalue weighted by Gasteiger charge is -2.53. The molecule has 2 fully saturated rings. The summed E-state index contributed by atoms with van der Waals surface area (Å²) in [5.41, 5.74) is 3.73. The van der Waals surface area contributed by atoms with Crippen molar-refractivity contribution in [2.24, 2.45) is 0 Å². The summed E-state index contributed by atoms with van der Waals surface area (Å²) in [5.74, 6) is 0. The molecule has 1 aromatic carbocycles. The average molecular weight is 325 g/mol. The lowest BCUT2D eigenvalue weighted by atomic mass is 9.79. The van der Waals surface area contributed by atoms with E-state index in [1.54, 1.807) is 11.1 Å². The highest BCUT2D eigenvalue weighted by Crippen LogP contribution is 2.40. The number of alkyl halides is 1. The van der Waals surface area contributed by atoms with E-state index < -0.39 is 6.17 Å². The first-order valence-corrected chi connectivity index (χ1v) is 8.37. The number of benzene rings is 1. The summed E-state index contributed by atoms with van der Waals surface area (Å²) >= 11 is 0. The van der Waals surface area contributed by atoms with Gasteiger partial charge in [0.2, 0.25) is 0 Å². The zero-order chi connectivity index (χ0) is 16.7. The van der Waals surface area contributed by atoms with Gasteiger partial charge in [-0.3, -0.25) is 4.98 Å². The lowest BCUT2D eigenvalue weighted by Crippen LogP contribution is -2.64. The Morgan fingerprint density at radius 3 is 2.71 bits per heavy atom. The molecule has 2 amide bonds. The quantitative estimate of drug-likeness (QED) is 0.901. The molecule has 1 aromatic heterocycles. The topological polar surface area (TPSA) is 45.2 Å². The van der Waals surface area contributed by atoms with Crippen LogP contribution in [-0.2, 0) is 0 Å². The molecule has 2 aromatic rings. The van der Waals surface area contributed by atoms with E-state index in [0.29, 0.717) is 12.8 Å². The fraction of sp³-hybridized carbons (Fsp3) is 0.368. The van der Waals surface area contributed by atoms with Crippen LogP contribution in [-0.4, -0.2) is 34.2 Å². The van der Waals surface area contributed by atoms with Crippen molar-refractivity contribution in [1.29, 1.82) is 0 Å². The van der Waals surface area contributed by atoms with Gasteiger partial charge in [0, 0.05) is 29.5 Å². The zero-order valence-electron chi connectivity index (χ0n) is 13.6. The molecule has 2 bridgehead atoms. The number of hydrogen-bond donors (Lipinski definition) is 1. The molecule has 2 unspecified atom stereocenters. The normalized spacial score (nSPS) is 25.1. The van der Waals surface area contributed by atoms with Crippen LogP contribution in [0.25, 0.3) is 11.3 Å². The Morgan fingerprint density at radius 2 is 2.00 bits per heavy atom. The summed E-state index contributed by atoms with van der Waals surface area (Å²) < 4.78 is 13.4. The Kier molecular flexibility index (Phi) is 3.71. The minimum absolute atomic E-state index is 0.0551. The van der Waals surface area contributed by atoms with Crippen LogP contribution in [0.4, 0.5) is 14.9 Å². The van der Waals surface area contributed by atoms with Crippen LogP contribution in [0.5, 0.6) is 0 Å². The van der Waals surface area contributed by atoms with Gasteiger partial charge in [0.25, 0.3) is 0 Å². The fourth-order valence-corrected chi connectivity index (χ4v) is 3.83. The number of nitrogens with one attached hydrogen (secondary N) is 1. The van der Waals surface area contributed by atoms with Crippen LogP contribution in [0.15, 0.2) is 42.6 Å². The summed E-state index contributed by atoms with van der Waals surface area (Å²) in [6, 6.07) is 11.6. The first-order valence-electron chi connectivity index (χ1n) is 8.37. The number of fused-ring (bicyclic) bond motifs is 2. The van der Waals surface area contributed by atoms with Crippen molar-refractivity contribution in [1.82, 2.24) is 9.88 Å². The molecule has 2 saturated heterocycles. The van der Waals surface area contributed by atoms with E-state index in [2.05, 4.69) is 10.3 Å². The van der Waals surface area contributed by atoms with Gasteiger partial charge in [-0.2, -0.15) is 0 Å². The zero-order valence-corrected chi connectivity index (χ0v) is 13.6. The van der Waals surface area contributed by atoms with Gasteiger partial charge in [0.15, 0.2) is 0 Å². The average Bonchev–Trinajstić information content (AvgIpc) is 2.57. The number of rotatable bonds is 2. The van der Waals surface area contributed by atoms with Crippen molar-refractivity contribution in [2.45, 2.75) is 44.4 Å². The minimum Gasteiger partial charge on any atom is -0.318 e. The number of halogens is 1. The minimum atomic E-state index is -0.757. The van der Waals surface area contributed by atoms with Gasteiger partial charge in [-0.15, -0.1) is 0 Å². The molecular formula is C19H20FN3O. The van der Waals surface area contributed by atoms with E-state index in [4.69, 9.17) is 0 Å². The van der Waals surface area contributed by atoms with Gasteiger partial charge >= 0.3 is 6.03 Å². The number of piperidine rings is 1. The Bertz CT molecular complexity index is 752. The fourth-order valence-electron chi connectivity index (χ4n) is 3.83. The molecule has 1 N–H and O–H groups in total. The summed E-state index contributed by atoms with van der Waals surface area (Å²) in [6.07, 6.45) is 2.87. The Balaban J connectivity index is 1.52. The van der Waals surface area contributed by atoms with Crippen LogP contribution in [0.3, 0.4) is 0 Å². The second kappa shape index (κ2) is 5.89. The van der Waals surface area contributed by atoms with Crippen LogP contribution in [0.1, 0.15) is 24.8 Å². The van der Waals surface area contributed by atoms with Crippen LogP contribution in [0, 0.1) is 6.92 Å². The summed E-state index contributed by atoms with van der Waals surface area (Å²) in [4.78, 5) is 18.7. The summed E-state index contributed by atoms with van der Waals surface area (Å²) in [6.45, 7) is 2.02. The van der Waals surface area contributed by atoms with E-state index in [1.807, 2.05) is 43.3 Å². The maximum Gasteiger partial charge on any atom is 0.322 e. The van der Waals surface area contributed by atoms with Crippen molar-refractivity contribution < 1.29 is 9.18 Å². The maximum atomic E-state index is 13.4. The molecule has 3 heterocycles. The second-order valence-corrected chi connectivity index (χ2v) is 6.69. The number of hydrogen-bond acceptors (Lipinski definition) is 2. The maximum absolute atomic E-state index is 13.4. The third-order valence-corrected chi connectivity index (χ3v) is 5.05. The van der Waals surface area contributed by atoms with Crippen LogP contribution in [0.2, 0.25) is 0 Å². The predicted molar refractivity (Wildman–Crippen MR) is 91.6 cm³/mol. The Hall–Kier alpha value is -2.43. The monoisotopic (exact) mass is 325 g/mol. The molecule has 4 nitrogen and oxygen atoms in total. The first kappa shape index (κ1) is 15.1. The van der Waals surface area contributed by atoms with E-state index >= 15 is 0 Å². The number of carbonyl (C=O) groups is 1. The molecule has 0 radical (unpaired) electrons. The molecule has 0 spiro atoms. The number of nitrogens with zero attached hydrogens (tertiary/aromatic N) is 2. The molecular weight excluding hydrogens is 305 g/mol. The highest BCUT2D eigenvalue weighted by atomic mass is 19.1. The number of pyridine rings is 1. The van der Waals surface area contributed by atoms with Crippen molar-refractivity contribution in [3.63, 3.8) is 0 Å². The number of carbonyl (C=O) groups excluding carboxylic acids is 1. The Morgan fingerprint density at radius 1 is 1.21 bits per heavy atom. The molecule has 0 aliphatic carbocycles. The summed E-state index contributed by atoms with van der Waals surface area (Å²) in [5, 5.41) is 2.96. The summed E-state index contributed by atoms with van der Waals surface area (Å²) in [7, 11) is 0. The molecule has 4 rings (SSSR count). The lowest BCUT2D eigenvalue weighted by molar-refractivity contribution is -0.0202.